The molecule has 0 fully saturated rings. The van der Waals surface area contributed by atoms with E-state index in [9.17, 15) is 5.11 Å². The van der Waals surface area contributed by atoms with Crippen LogP contribution in [0.2, 0.25) is 5.02 Å². The summed E-state index contributed by atoms with van der Waals surface area (Å²) in [7, 11) is 0. The molecule has 2 rings (SSSR count). The average molecular weight is 247 g/mol. The summed E-state index contributed by atoms with van der Waals surface area (Å²) in [6.07, 6.45) is 0. The fourth-order valence-corrected chi connectivity index (χ4v) is 1.93. The van der Waals surface area contributed by atoms with E-state index in [0.29, 0.717) is 0 Å². The van der Waals surface area contributed by atoms with E-state index in [-0.39, 0.29) is 0 Å². The van der Waals surface area contributed by atoms with Crippen LogP contribution in [-0.2, 0) is 5.60 Å². The van der Waals surface area contributed by atoms with Gasteiger partial charge in [-0.15, -0.1) is 0 Å². The molecule has 0 saturated carbocycles. The predicted octanol–water partition coefficient (Wildman–Crippen LogP) is 4.23. The fraction of sp³-hybridized carbons (Fsp3) is 0.200. The Labute approximate surface area is 107 Å². The van der Waals surface area contributed by atoms with Crippen molar-refractivity contribution in [3.05, 3.63) is 59.1 Å². The molecule has 0 atom stereocenters. The van der Waals surface area contributed by atoms with E-state index in [0.717, 1.165) is 21.7 Å². The Morgan fingerprint density at radius 1 is 0.941 bits per heavy atom. The summed E-state index contributed by atoms with van der Waals surface area (Å²) in [6, 6.07) is 15.6. The molecule has 1 N–H and O–H groups in total. The summed E-state index contributed by atoms with van der Waals surface area (Å²) >= 11 is 5.96. The zero-order valence-corrected chi connectivity index (χ0v) is 10.7. The highest BCUT2D eigenvalue weighted by Gasteiger charge is 2.15. The summed E-state index contributed by atoms with van der Waals surface area (Å²) in [5, 5.41) is 10.6. The van der Waals surface area contributed by atoms with E-state index >= 15 is 0 Å². The van der Waals surface area contributed by atoms with Crippen molar-refractivity contribution in [1.29, 1.82) is 0 Å². The molecule has 0 aliphatic rings. The Bertz CT molecular complexity index is 509. The van der Waals surface area contributed by atoms with E-state index in [1.165, 1.54) is 0 Å². The molecule has 0 radical (unpaired) electrons. The van der Waals surface area contributed by atoms with Crippen LogP contribution in [0, 0.1) is 0 Å². The summed E-state index contributed by atoms with van der Waals surface area (Å²) in [4.78, 5) is 0. The highest BCUT2D eigenvalue weighted by molar-refractivity contribution is 6.30. The molecule has 0 aliphatic carbocycles. The maximum absolute atomic E-state index is 9.87. The van der Waals surface area contributed by atoms with Crippen molar-refractivity contribution in [2.24, 2.45) is 0 Å². The Balaban J connectivity index is 2.36. The molecular weight excluding hydrogens is 232 g/mol. The lowest BCUT2D eigenvalue weighted by molar-refractivity contribution is 0.0786. The molecule has 17 heavy (non-hydrogen) atoms. The summed E-state index contributed by atoms with van der Waals surface area (Å²) < 4.78 is 0. The van der Waals surface area contributed by atoms with Gasteiger partial charge >= 0.3 is 0 Å². The van der Waals surface area contributed by atoms with Gasteiger partial charge in [-0.3, -0.25) is 0 Å². The van der Waals surface area contributed by atoms with Gasteiger partial charge in [-0.25, -0.2) is 0 Å². The van der Waals surface area contributed by atoms with Gasteiger partial charge in [-0.2, -0.15) is 0 Å². The first kappa shape index (κ1) is 12.2. The smallest absolute Gasteiger partial charge is 0.0840 e. The van der Waals surface area contributed by atoms with Crippen LogP contribution in [0.5, 0.6) is 0 Å². The minimum absolute atomic E-state index is 0.731. The lowest BCUT2D eigenvalue weighted by Crippen LogP contribution is -2.14. The van der Waals surface area contributed by atoms with Crippen LogP contribution >= 0.6 is 11.6 Å². The van der Waals surface area contributed by atoms with Crippen LogP contribution in [0.1, 0.15) is 19.4 Å². The molecule has 2 aromatic rings. The third-order valence-electron chi connectivity index (χ3n) is 2.75. The van der Waals surface area contributed by atoms with Gasteiger partial charge in [0.25, 0.3) is 0 Å². The number of aliphatic hydroxyl groups is 1. The van der Waals surface area contributed by atoms with Gasteiger partial charge in [-0.1, -0.05) is 48.0 Å². The molecule has 1 nitrogen and oxygen atoms in total. The molecule has 2 aromatic carbocycles. The molecule has 0 amide bonds. The minimum atomic E-state index is -0.799. The predicted molar refractivity (Wildman–Crippen MR) is 72.1 cm³/mol. The highest BCUT2D eigenvalue weighted by Crippen LogP contribution is 2.26. The quantitative estimate of drug-likeness (QED) is 0.841. The van der Waals surface area contributed by atoms with Crippen LogP contribution < -0.4 is 0 Å². The van der Waals surface area contributed by atoms with E-state index < -0.39 is 5.60 Å². The largest absolute Gasteiger partial charge is 0.386 e. The number of benzene rings is 2. The number of hydrogen-bond donors (Lipinski definition) is 1. The zero-order chi connectivity index (χ0) is 12.5. The standard InChI is InChI=1S/C15H15ClO/c1-15(2,17)13-8-6-11(7-9-13)12-4-3-5-14(16)10-12/h3-10,17H,1-2H3. The lowest BCUT2D eigenvalue weighted by atomic mass is 9.95. The normalized spacial score (nSPS) is 11.5. The minimum Gasteiger partial charge on any atom is -0.386 e. The maximum atomic E-state index is 9.87. The molecule has 0 saturated heterocycles. The van der Waals surface area contributed by atoms with Crippen molar-refractivity contribution >= 4 is 11.6 Å². The third-order valence-corrected chi connectivity index (χ3v) is 2.98. The highest BCUT2D eigenvalue weighted by atomic mass is 35.5. The van der Waals surface area contributed by atoms with E-state index in [2.05, 4.69) is 0 Å². The molecule has 0 heterocycles. The Kier molecular flexibility index (Phi) is 3.23. The lowest BCUT2D eigenvalue weighted by Gasteiger charge is -2.17. The molecule has 0 unspecified atom stereocenters. The first-order chi connectivity index (χ1) is 7.97. The first-order valence-corrected chi connectivity index (χ1v) is 5.93. The van der Waals surface area contributed by atoms with Crippen molar-refractivity contribution < 1.29 is 5.11 Å². The summed E-state index contributed by atoms with van der Waals surface area (Å²) in [5.74, 6) is 0. The third kappa shape index (κ3) is 2.87. The van der Waals surface area contributed by atoms with Crippen LogP contribution in [0.25, 0.3) is 11.1 Å². The molecule has 2 heteroatoms. The second-order valence-electron chi connectivity index (χ2n) is 4.65. The first-order valence-electron chi connectivity index (χ1n) is 5.56. The van der Waals surface area contributed by atoms with Crippen LogP contribution in [0.4, 0.5) is 0 Å². The number of halogens is 1. The summed E-state index contributed by atoms with van der Waals surface area (Å²) in [5.41, 5.74) is 2.29. The monoisotopic (exact) mass is 246 g/mol. The Hall–Kier alpha value is -1.31. The van der Waals surface area contributed by atoms with Crippen molar-refractivity contribution in [2.75, 3.05) is 0 Å². The van der Waals surface area contributed by atoms with Crippen molar-refractivity contribution in [3.8, 4) is 11.1 Å². The second kappa shape index (κ2) is 4.52. The van der Waals surface area contributed by atoms with E-state index in [1.807, 2.05) is 48.5 Å². The molecular formula is C15H15ClO. The van der Waals surface area contributed by atoms with Gasteiger partial charge in [0.2, 0.25) is 0 Å². The Morgan fingerprint density at radius 2 is 1.59 bits per heavy atom. The molecule has 0 bridgehead atoms. The second-order valence-corrected chi connectivity index (χ2v) is 5.08. The van der Waals surface area contributed by atoms with Gasteiger partial charge in [0, 0.05) is 5.02 Å². The van der Waals surface area contributed by atoms with Gasteiger partial charge in [0.1, 0.15) is 0 Å². The van der Waals surface area contributed by atoms with E-state index in [4.69, 9.17) is 11.6 Å². The molecule has 0 spiro atoms. The zero-order valence-electron chi connectivity index (χ0n) is 9.94. The van der Waals surface area contributed by atoms with Gasteiger partial charge in [-0.05, 0) is 42.7 Å². The molecule has 88 valence electrons. The van der Waals surface area contributed by atoms with Crippen LogP contribution in [0.3, 0.4) is 0 Å². The van der Waals surface area contributed by atoms with E-state index in [1.54, 1.807) is 13.8 Å². The molecule has 0 aliphatic heterocycles. The van der Waals surface area contributed by atoms with Crippen LogP contribution in [0.15, 0.2) is 48.5 Å². The number of hydrogen-bond acceptors (Lipinski definition) is 1. The van der Waals surface area contributed by atoms with Gasteiger partial charge in [0.15, 0.2) is 0 Å². The number of rotatable bonds is 2. The fourth-order valence-electron chi connectivity index (χ4n) is 1.74. The van der Waals surface area contributed by atoms with Crippen molar-refractivity contribution in [1.82, 2.24) is 0 Å². The SMILES string of the molecule is CC(C)(O)c1ccc(-c2cccc(Cl)c2)cc1. The van der Waals surface area contributed by atoms with Crippen LogP contribution in [-0.4, -0.2) is 5.11 Å². The molecule has 0 aromatic heterocycles. The van der Waals surface area contributed by atoms with Gasteiger partial charge in [0.05, 0.1) is 5.60 Å². The Morgan fingerprint density at radius 3 is 2.12 bits per heavy atom. The maximum Gasteiger partial charge on any atom is 0.0840 e. The average Bonchev–Trinajstić information content (AvgIpc) is 2.28. The van der Waals surface area contributed by atoms with Crippen molar-refractivity contribution in [3.63, 3.8) is 0 Å². The topological polar surface area (TPSA) is 20.2 Å². The van der Waals surface area contributed by atoms with Crippen molar-refractivity contribution in [2.45, 2.75) is 19.4 Å². The summed E-state index contributed by atoms with van der Waals surface area (Å²) in [6.45, 7) is 3.56. The van der Waals surface area contributed by atoms with Gasteiger partial charge < -0.3 is 5.11 Å².